The molecule has 0 saturated heterocycles. The number of carbonyl (C=O) groups is 2. The van der Waals surface area contributed by atoms with Crippen LogP contribution in [0.5, 0.6) is 0 Å². The number of carbonyl (C=O) groups excluding carboxylic acids is 2. The third kappa shape index (κ3) is 3.28. The Kier molecular flexibility index (Phi) is 4.69. The second-order valence-corrected chi connectivity index (χ2v) is 6.84. The fraction of sp³-hybridized carbons (Fsp3) is 0.167. The van der Waals surface area contributed by atoms with Crippen molar-refractivity contribution in [2.45, 2.75) is 20.3 Å². The molecule has 0 aliphatic heterocycles. The zero-order valence-corrected chi connectivity index (χ0v) is 14.8. The lowest BCUT2D eigenvalue weighted by Crippen LogP contribution is -2.16. The summed E-state index contributed by atoms with van der Waals surface area (Å²) in [5.41, 5.74) is 7.02. The molecule has 1 aromatic carbocycles. The van der Waals surface area contributed by atoms with Crippen LogP contribution in [-0.4, -0.2) is 16.8 Å². The molecule has 134 valence electrons. The molecule has 3 aromatic rings. The van der Waals surface area contributed by atoms with Crippen LogP contribution in [0.2, 0.25) is 0 Å². The Morgan fingerprint density at radius 2 is 1.96 bits per heavy atom. The number of benzene rings is 1. The van der Waals surface area contributed by atoms with Gasteiger partial charge in [0.15, 0.2) is 0 Å². The molecule has 0 fully saturated rings. The molecular weight excluding hydrogens is 360 g/mol. The van der Waals surface area contributed by atoms with Crippen LogP contribution in [-0.2, 0) is 0 Å². The fourth-order valence-corrected chi connectivity index (χ4v) is 3.75. The number of primary amides is 1. The van der Waals surface area contributed by atoms with E-state index in [4.69, 9.17) is 5.73 Å². The Labute approximate surface area is 151 Å². The van der Waals surface area contributed by atoms with Crippen LogP contribution in [0.4, 0.5) is 14.5 Å². The van der Waals surface area contributed by atoms with Gasteiger partial charge in [-0.05, 0) is 37.6 Å². The molecule has 2 heterocycles. The molecule has 0 aliphatic rings. The minimum atomic E-state index is -2.73. The van der Waals surface area contributed by atoms with Gasteiger partial charge >= 0.3 is 0 Å². The van der Waals surface area contributed by atoms with E-state index in [0.717, 1.165) is 16.9 Å². The third-order valence-electron chi connectivity index (χ3n) is 3.85. The minimum absolute atomic E-state index is 0.0722. The molecule has 0 atom stereocenters. The molecule has 0 radical (unpaired) electrons. The van der Waals surface area contributed by atoms with E-state index >= 15 is 0 Å². The van der Waals surface area contributed by atoms with Crippen molar-refractivity contribution >= 4 is 39.1 Å². The van der Waals surface area contributed by atoms with E-state index in [9.17, 15) is 18.4 Å². The van der Waals surface area contributed by atoms with Gasteiger partial charge in [0.2, 0.25) is 0 Å². The summed E-state index contributed by atoms with van der Waals surface area (Å²) in [5.74, 6) is -1.18. The minimum Gasteiger partial charge on any atom is -0.365 e. The monoisotopic (exact) mass is 375 g/mol. The Bertz CT molecular complexity index is 1030. The van der Waals surface area contributed by atoms with Crippen LogP contribution in [0.1, 0.15) is 43.3 Å². The molecule has 0 saturated carbocycles. The van der Waals surface area contributed by atoms with Gasteiger partial charge in [-0.1, -0.05) is 17.7 Å². The molecule has 0 bridgehead atoms. The molecule has 5 nitrogen and oxygen atoms in total. The molecule has 2 amide bonds. The van der Waals surface area contributed by atoms with Gasteiger partial charge in [0.25, 0.3) is 18.2 Å². The van der Waals surface area contributed by atoms with Crippen LogP contribution < -0.4 is 11.1 Å². The number of anilines is 1. The highest BCUT2D eigenvalue weighted by Crippen LogP contribution is 2.38. The van der Waals surface area contributed by atoms with E-state index in [2.05, 4.69) is 10.3 Å². The topological polar surface area (TPSA) is 85.1 Å². The highest BCUT2D eigenvalue weighted by Gasteiger charge is 2.23. The average Bonchev–Trinajstić information content (AvgIpc) is 2.94. The van der Waals surface area contributed by atoms with Gasteiger partial charge < -0.3 is 11.1 Å². The maximum Gasteiger partial charge on any atom is 0.280 e. The summed E-state index contributed by atoms with van der Waals surface area (Å²) in [6.07, 6.45) is -2.73. The molecule has 3 N–H and O–H groups in total. The van der Waals surface area contributed by atoms with Gasteiger partial charge in [-0.2, -0.15) is 0 Å². The summed E-state index contributed by atoms with van der Waals surface area (Å²) in [6.45, 7) is 3.47. The van der Waals surface area contributed by atoms with Gasteiger partial charge in [0.05, 0.1) is 5.69 Å². The Morgan fingerprint density at radius 3 is 2.58 bits per heavy atom. The van der Waals surface area contributed by atoms with Crippen LogP contribution >= 0.6 is 11.3 Å². The van der Waals surface area contributed by atoms with E-state index < -0.39 is 18.2 Å². The number of thiophene rings is 1. The smallest absolute Gasteiger partial charge is 0.280 e. The lowest BCUT2D eigenvalue weighted by Gasteiger charge is -2.09. The number of hydrogen-bond donors (Lipinski definition) is 2. The summed E-state index contributed by atoms with van der Waals surface area (Å²) >= 11 is 0.884. The first-order chi connectivity index (χ1) is 12.3. The number of nitrogens with one attached hydrogen (secondary N) is 1. The number of aromatic nitrogens is 1. The van der Waals surface area contributed by atoms with Crippen LogP contribution in [0.15, 0.2) is 30.3 Å². The van der Waals surface area contributed by atoms with E-state index in [0.29, 0.717) is 16.5 Å². The molecule has 3 rings (SSSR count). The van der Waals surface area contributed by atoms with Crippen molar-refractivity contribution in [1.82, 2.24) is 4.98 Å². The summed E-state index contributed by atoms with van der Waals surface area (Å²) < 4.78 is 26.0. The standard InChI is InChI=1S/C18H15F2N3O2S/c1-8-4-3-5-10(6-8)17(25)23-13-12-9(2)7-11(15(19)20)22-18(12)26-14(13)16(21)24/h3-7,15H,1-2H3,(H2,21,24)(H,23,25). The van der Waals surface area contributed by atoms with Gasteiger partial charge in [0.1, 0.15) is 15.4 Å². The van der Waals surface area contributed by atoms with Crippen molar-refractivity contribution in [1.29, 1.82) is 0 Å². The molecule has 0 spiro atoms. The fourth-order valence-electron chi connectivity index (χ4n) is 2.68. The molecule has 2 aromatic heterocycles. The number of amides is 2. The summed E-state index contributed by atoms with van der Waals surface area (Å²) in [6, 6.07) is 8.18. The van der Waals surface area contributed by atoms with Crippen molar-refractivity contribution in [3.05, 3.63) is 57.6 Å². The number of pyridine rings is 1. The van der Waals surface area contributed by atoms with E-state index in [1.54, 1.807) is 25.1 Å². The largest absolute Gasteiger partial charge is 0.365 e. The van der Waals surface area contributed by atoms with Crippen molar-refractivity contribution in [3.63, 3.8) is 0 Å². The highest BCUT2D eigenvalue weighted by atomic mass is 32.1. The van der Waals surface area contributed by atoms with Gasteiger partial charge in [-0.3, -0.25) is 9.59 Å². The Morgan fingerprint density at radius 1 is 1.23 bits per heavy atom. The third-order valence-corrected chi connectivity index (χ3v) is 4.94. The van der Waals surface area contributed by atoms with Gasteiger partial charge in [-0.25, -0.2) is 13.8 Å². The molecule has 0 aliphatic carbocycles. The normalized spacial score (nSPS) is 11.1. The summed E-state index contributed by atoms with van der Waals surface area (Å²) in [5, 5.41) is 3.13. The van der Waals surface area contributed by atoms with E-state index in [-0.39, 0.29) is 21.1 Å². The van der Waals surface area contributed by atoms with Crippen LogP contribution in [0.25, 0.3) is 10.2 Å². The number of nitrogens with zero attached hydrogens (tertiary/aromatic N) is 1. The highest BCUT2D eigenvalue weighted by molar-refractivity contribution is 7.21. The lowest BCUT2D eigenvalue weighted by atomic mass is 10.1. The molecule has 8 heteroatoms. The van der Waals surface area contributed by atoms with Gasteiger partial charge in [0, 0.05) is 10.9 Å². The average molecular weight is 375 g/mol. The second-order valence-electron chi connectivity index (χ2n) is 5.84. The van der Waals surface area contributed by atoms with Crippen LogP contribution in [0, 0.1) is 13.8 Å². The number of hydrogen-bond acceptors (Lipinski definition) is 4. The predicted molar refractivity (Wildman–Crippen MR) is 97.0 cm³/mol. The summed E-state index contributed by atoms with van der Waals surface area (Å²) in [4.78, 5) is 28.6. The quantitative estimate of drug-likeness (QED) is 0.717. The zero-order valence-electron chi connectivity index (χ0n) is 14.0. The summed E-state index contributed by atoms with van der Waals surface area (Å²) in [7, 11) is 0. The maximum absolute atomic E-state index is 13.0. The van der Waals surface area contributed by atoms with Crippen molar-refractivity contribution in [2.24, 2.45) is 5.73 Å². The van der Waals surface area contributed by atoms with Crippen molar-refractivity contribution in [3.8, 4) is 0 Å². The molecule has 26 heavy (non-hydrogen) atoms. The van der Waals surface area contributed by atoms with Crippen molar-refractivity contribution < 1.29 is 18.4 Å². The first-order valence-corrected chi connectivity index (χ1v) is 8.49. The number of aryl methyl sites for hydroxylation is 2. The van der Waals surface area contributed by atoms with E-state index in [1.165, 1.54) is 6.07 Å². The van der Waals surface area contributed by atoms with E-state index in [1.807, 2.05) is 13.0 Å². The number of halogens is 2. The Hall–Kier alpha value is -2.87. The first-order valence-electron chi connectivity index (χ1n) is 7.68. The number of fused-ring (bicyclic) bond motifs is 1. The van der Waals surface area contributed by atoms with Crippen LogP contribution in [0.3, 0.4) is 0 Å². The first kappa shape index (κ1) is 17.9. The Balaban J connectivity index is 2.13. The second kappa shape index (κ2) is 6.80. The molecular formula is C18H15F2N3O2S. The number of rotatable bonds is 4. The predicted octanol–water partition coefficient (Wildman–Crippen LogP) is 4.20. The zero-order chi connectivity index (χ0) is 19.0. The SMILES string of the molecule is Cc1cccc(C(=O)Nc2c(C(N)=O)sc3nc(C(F)F)cc(C)c23)c1. The lowest BCUT2D eigenvalue weighted by molar-refractivity contribution is 0.100. The van der Waals surface area contributed by atoms with Gasteiger partial charge in [-0.15, -0.1) is 11.3 Å². The molecule has 0 unspecified atom stereocenters. The number of alkyl halides is 2. The maximum atomic E-state index is 13.0. The number of nitrogens with two attached hydrogens (primary N) is 1. The van der Waals surface area contributed by atoms with Crippen molar-refractivity contribution in [2.75, 3.05) is 5.32 Å².